The van der Waals surface area contributed by atoms with Crippen LogP contribution in [-0.4, -0.2) is 41.1 Å². The van der Waals surface area contributed by atoms with Crippen molar-refractivity contribution in [3.05, 3.63) is 60.6 Å². The summed E-state index contributed by atoms with van der Waals surface area (Å²) < 4.78 is 0. The Balaban J connectivity index is 1.73. The third kappa shape index (κ3) is 4.18. The van der Waals surface area contributed by atoms with Crippen LogP contribution in [0.1, 0.15) is 18.5 Å². The van der Waals surface area contributed by atoms with Gasteiger partial charge in [-0.3, -0.25) is 15.2 Å². The van der Waals surface area contributed by atoms with Gasteiger partial charge in [0.25, 0.3) is 0 Å². The molecule has 0 fully saturated rings. The van der Waals surface area contributed by atoms with E-state index in [2.05, 4.69) is 20.2 Å². The van der Waals surface area contributed by atoms with E-state index < -0.39 is 0 Å². The average molecular weight is 388 g/mol. The summed E-state index contributed by atoms with van der Waals surface area (Å²) >= 11 is 0. The van der Waals surface area contributed by atoms with Gasteiger partial charge >= 0.3 is 6.03 Å². The summed E-state index contributed by atoms with van der Waals surface area (Å²) in [6.07, 6.45) is 5.38. The molecule has 29 heavy (non-hydrogen) atoms. The fourth-order valence-electron chi connectivity index (χ4n) is 3.37. The fraction of sp³-hybridized carbons (Fsp3) is 0.273. The number of amides is 2. The molecule has 148 valence electrons. The van der Waals surface area contributed by atoms with Gasteiger partial charge in [0.2, 0.25) is 0 Å². The number of aryl methyl sites for hydroxylation is 1. The number of carbonyl (C=O) groups is 1. The summed E-state index contributed by atoms with van der Waals surface area (Å²) in [4.78, 5) is 30.4. The second-order valence-corrected chi connectivity index (χ2v) is 7.15. The maximum atomic E-state index is 13.1. The number of fused-ring (bicyclic) bond motifs is 1. The van der Waals surface area contributed by atoms with Crippen LogP contribution < -0.4 is 15.1 Å². The molecule has 3 aromatic heterocycles. The number of carbonyl (C=O) groups excluding carboxylic acids is 1. The smallest absolute Gasteiger partial charge is 0.328 e. The van der Waals surface area contributed by atoms with Crippen LogP contribution >= 0.6 is 0 Å². The van der Waals surface area contributed by atoms with E-state index in [0.29, 0.717) is 18.2 Å². The molecule has 0 atom stereocenters. The molecule has 0 spiro atoms. The first-order chi connectivity index (χ1) is 14.1. The first-order valence-corrected chi connectivity index (χ1v) is 9.76. The van der Waals surface area contributed by atoms with Gasteiger partial charge in [-0.15, -0.1) is 0 Å². The highest BCUT2D eigenvalue weighted by molar-refractivity contribution is 6.02. The van der Waals surface area contributed by atoms with Crippen molar-refractivity contribution in [2.24, 2.45) is 0 Å². The fourth-order valence-corrected chi connectivity index (χ4v) is 3.37. The molecule has 1 N–H and O–H groups in total. The lowest BCUT2D eigenvalue weighted by Gasteiger charge is -2.31. The van der Waals surface area contributed by atoms with E-state index in [9.17, 15) is 4.79 Å². The quantitative estimate of drug-likeness (QED) is 0.715. The number of hydrogen-bond acceptors (Lipinski definition) is 5. The number of nitrogens with zero attached hydrogens (tertiary/aromatic N) is 5. The summed E-state index contributed by atoms with van der Waals surface area (Å²) in [5.74, 6) is 1.17. The zero-order chi connectivity index (χ0) is 20.2. The predicted molar refractivity (Wildman–Crippen MR) is 115 cm³/mol. The van der Waals surface area contributed by atoms with Gasteiger partial charge in [0, 0.05) is 43.8 Å². The Morgan fingerprint density at radius 1 is 1.03 bits per heavy atom. The van der Waals surface area contributed by atoms with Gasteiger partial charge in [-0.05, 0) is 56.2 Å². The molecule has 0 saturated heterocycles. The lowest BCUT2D eigenvalue weighted by molar-refractivity contribution is 0.256. The van der Waals surface area contributed by atoms with Crippen molar-refractivity contribution in [2.45, 2.75) is 19.8 Å². The first kappa shape index (κ1) is 18.9. The van der Waals surface area contributed by atoms with E-state index in [1.54, 1.807) is 17.2 Å². The number of urea groups is 1. The molecule has 7 heteroatoms. The Morgan fingerprint density at radius 3 is 2.66 bits per heavy atom. The standard InChI is InChI=1S/C22H24N6O/c1-16-8-9-17(15-24-16)18-10-11-19-21(25-18)28(14-6-5-13-27(19)2)22(29)26-20-7-3-4-12-23-20/h3-4,7-12,15H,5-6,13-14H2,1-2H3,(H,23,26,29). The lowest BCUT2D eigenvalue weighted by atomic mass is 10.1. The summed E-state index contributed by atoms with van der Waals surface area (Å²) in [5, 5.41) is 2.89. The summed E-state index contributed by atoms with van der Waals surface area (Å²) in [6.45, 7) is 3.48. The topological polar surface area (TPSA) is 74.2 Å². The Hall–Kier alpha value is -3.48. The minimum absolute atomic E-state index is 0.230. The van der Waals surface area contributed by atoms with Crippen molar-refractivity contribution in [3.63, 3.8) is 0 Å². The third-order valence-electron chi connectivity index (χ3n) is 5.00. The van der Waals surface area contributed by atoms with E-state index in [1.807, 2.05) is 56.6 Å². The summed E-state index contributed by atoms with van der Waals surface area (Å²) in [6, 6.07) is 13.2. The molecule has 3 aromatic rings. The zero-order valence-corrected chi connectivity index (χ0v) is 16.7. The number of pyridine rings is 3. The van der Waals surface area contributed by atoms with Crippen LogP contribution in [0.25, 0.3) is 11.3 Å². The van der Waals surface area contributed by atoms with Gasteiger partial charge in [-0.25, -0.2) is 14.8 Å². The van der Waals surface area contributed by atoms with Gasteiger partial charge in [0.15, 0.2) is 5.82 Å². The monoisotopic (exact) mass is 388 g/mol. The van der Waals surface area contributed by atoms with E-state index in [-0.39, 0.29) is 6.03 Å². The summed E-state index contributed by atoms with van der Waals surface area (Å²) in [7, 11) is 2.04. The van der Waals surface area contributed by atoms with Crippen LogP contribution in [0, 0.1) is 6.92 Å². The van der Waals surface area contributed by atoms with Crippen molar-refractivity contribution >= 4 is 23.4 Å². The Kier molecular flexibility index (Phi) is 5.37. The highest BCUT2D eigenvalue weighted by Crippen LogP contribution is 2.32. The Labute approximate surface area is 170 Å². The molecule has 0 aromatic carbocycles. The minimum atomic E-state index is -0.230. The molecule has 7 nitrogen and oxygen atoms in total. The van der Waals surface area contributed by atoms with Crippen molar-refractivity contribution in [1.29, 1.82) is 0 Å². The van der Waals surface area contributed by atoms with Crippen LogP contribution in [0.4, 0.5) is 22.1 Å². The van der Waals surface area contributed by atoms with E-state index >= 15 is 0 Å². The molecule has 0 bridgehead atoms. The highest BCUT2D eigenvalue weighted by atomic mass is 16.2. The van der Waals surface area contributed by atoms with Crippen molar-refractivity contribution in [3.8, 4) is 11.3 Å². The van der Waals surface area contributed by atoms with Crippen LogP contribution in [0.5, 0.6) is 0 Å². The van der Waals surface area contributed by atoms with E-state index in [1.165, 1.54) is 0 Å². The molecule has 4 rings (SSSR count). The Bertz CT molecular complexity index is 990. The molecule has 0 radical (unpaired) electrons. The molecule has 2 amide bonds. The van der Waals surface area contributed by atoms with E-state index in [4.69, 9.17) is 4.98 Å². The molecule has 1 aliphatic rings. The molecule has 4 heterocycles. The summed E-state index contributed by atoms with van der Waals surface area (Å²) in [5.41, 5.74) is 3.61. The average Bonchev–Trinajstić information content (AvgIpc) is 2.73. The normalized spacial score (nSPS) is 14.0. The molecule has 0 unspecified atom stereocenters. The van der Waals surface area contributed by atoms with Gasteiger partial charge < -0.3 is 4.90 Å². The van der Waals surface area contributed by atoms with Gasteiger partial charge in [-0.2, -0.15) is 0 Å². The maximum absolute atomic E-state index is 13.1. The molecule has 1 aliphatic heterocycles. The predicted octanol–water partition coefficient (Wildman–Crippen LogP) is 4.12. The number of nitrogens with one attached hydrogen (secondary N) is 1. The Morgan fingerprint density at radius 2 is 1.90 bits per heavy atom. The van der Waals surface area contributed by atoms with Crippen LogP contribution in [0.3, 0.4) is 0 Å². The number of hydrogen-bond donors (Lipinski definition) is 1. The first-order valence-electron chi connectivity index (χ1n) is 9.76. The van der Waals surface area contributed by atoms with Crippen LogP contribution in [0.15, 0.2) is 54.9 Å². The highest BCUT2D eigenvalue weighted by Gasteiger charge is 2.25. The molecule has 0 aliphatic carbocycles. The largest absolute Gasteiger partial charge is 0.372 e. The van der Waals surface area contributed by atoms with Gasteiger partial charge in [0.1, 0.15) is 5.82 Å². The van der Waals surface area contributed by atoms with E-state index in [0.717, 1.165) is 42.0 Å². The van der Waals surface area contributed by atoms with Crippen LogP contribution in [0.2, 0.25) is 0 Å². The van der Waals surface area contributed by atoms with Crippen LogP contribution in [-0.2, 0) is 0 Å². The second-order valence-electron chi connectivity index (χ2n) is 7.15. The SMILES string of the molecule is Cc1ccc(-c2ccc3c(n2)N(C(=O)Nc2ccccn2)CCCCN3C)cn1. The lowest BCUT2D eigenvalue weighted by Crippen LogP contribution is -2.39. The number of aromatic nitrogens is 3. The number of anilines is 3. The second kappa shape index (κ2) is 8.26. The van der Waals surface area contributed by atoms with Crippen molar-refractivity contribution < 1.29 is 4.79 Å². The minimum Gasteiger partial charge on any atom is -0.372 e. The molecular formula is C22H24N6O. The van der Waals surface area contributed by atoms with Crippen molar-refractivity contribution in [2.75, 3.05) is 35.3 Å². The third-order valence-corrected chi connectivity index (χ3v) is 5.00. The maximum Gasteiger partial charge on any atom is 0.328 e. The van der Waals surface area contributed by atoms with Crippen molar-refractivity contribution in [1.82, 2.24) is 15.0 Å². The van der Waals surface area contributed by atoms with Gasteiger partial charge in [0.05, 0.1) is 11.4 Å². The van der Waals surface area contributed by atoms with Gasteiger partial charge in [-0.1, -0.05) is 6.07 Å². The number of rotatable bonds is 2. The zero-order valence-electron chi connectivity index (χ0n) is 16.7. The molecule has 0 saturated carbocycles. The molecular weight excluding hydrogens is 364 g/mol.